The number of benzene rings is 1. The highest BCUT2D eigenvalue weighted by Crippen LogP contribution is 2.35. The lowest BCUT2D eigenvalue weighted by atomic mass is 9.86. The van der Waals surface area contributed by atoms with Crippen molar-refractivity contribution in [2.24, 2.45) is 0 Å². The predicted molar refractivity (Wildman–Crippen MR) is 81.3 cm³/mol. The number of nitrogens with one attached hydrogen (secondary N) is 1. The van der Waals surface area contributed by atoms with Crippen LogP contribution in [0.5, 0.6) is 5.75 Å². The van der Waals surface area contributed by atoms with Gasteiger partial charge in [-0.05, 0) is 27.0 Å². The third-order valence-corrected chi connectivity index (χ3v) is 4.27. The van der Waals surface area contributed by atoms with Gasteiger partial charge in [0.05, 0.1) is 26.4 Å². The topological polar surface area (TPSA) is 33.7 Å². The van der Waals surface area contributed by atoms with Crippen molar-refractivity contribution in [3.8, 4) is 5.75 Å². The molecule has 112 valence electrons. The first-order valence-corrected chi connectivity index (χ1v) is 7.24. The summed E-state index contributed by atoms with van der Waals surface area (Å²) in [6.07, 6.45) is 0. The minimum absolute atomic E-state index is 0.00678. The summed E-state index contributed by atoms with van der Waals surface area (Å²) in [5.41, 5.74) is 1.20. The van der Waals surface area contributed by atoms with Gasteiger partial charge in [0.2, 0.25) is 0 Å². The van der Waals surface area contributed by atoms with Gasteiger partial charge in [-0.25, -0.2) is 0 Å². The summed E-state index contributed by atoms with van der Waals surface area (Å²) in [5.74, 6) is 0.938. The second kappa shape index (κ2) is 6.57. The molecule has 1 aliphatic rings. The van der Waals surface area contributed by atoms with Crippen molar-refractivity contribution in [1.29, 1.82) is 0 Å². The summed E-state index contributed by atoms with van der Waals surface area (Å²) < 4.78 is 11.0. The number of rotatable bonds is 5. The fourth-order valence-corrected chi connectivity index (χ4v) is 3.12. The van der Waals surface area contributed by atoms with E-state index in [0.29, 0.717) is 0 Å². The fourth-order valence-electron chi connectivity index (χ4n) is 3.12. The van der Waals surface area contributed by atoms with Crippen LogP contribution in [0.15, 0.2) is 24.3 Å². The molecular weight excluding hydrogens is 252 g/mol. The largest absolute Gasteiger partial charge is 0.496 e. The molecule has 0 amide bonds. The molecule has 1 atom stereocenters. The number of hydrogen-bond donors (Lipinski definition) is 1. The third-order valence-electron chi connectivity index (χ3n) is 4.27. The molecule has 1 aromatic rings. The average Bonchev–Trinajstić information content (AvgIpc) is 2.49. The Bertz CT molecular complexity index is 428. The zero-order valence-corrected chi connectivity index (χ0v) is 13.0. The van der Waals surface area contributed by atoms with Gasteiger partial charge in [0.25, 0.3) is 0 Å². The summed E-state index contributed by atoms with van der Waals surface area (Å²) >= 11 is 0. The molecule has 0 saturated carbocycles. The Morgan fingerprint density at radius 1 is 1.25 bits per heavy atom. The van der Waals surface area contributed by atoms with Gasteiger partial charge in [-0.2, -0.15) is 0 Å². The van der Waals surface area contributed by atoms with Crippen LogP contribution < -0.4 is 10.1 Å². The van der Waals surface area contributed by atoms with Gasteiger partial charge in [-0.3, -0.25) is 4.90 Å². The second-order valence-corrected chi connectivity index (χ2v) is 5.72. The monoisotopic (exact) mass is 278 g/mol. The van der Waals surface area contributed by atoms with Gasteiger partial charge in [0.1, 0.15) is 5.75 Å². The van der Waals surface area contributed by atoms with Crippen LogP contribution in [0.3, 0.4) is 0 Å². The zero-order chi connectivity index (χ0) is 14.6. The van der Waals surface area contributed by atoms with Crippen LogP contribution in [-0.2, 0) is 4.74 Å². The van der Waals surface area contributed by atoms with Crippen LogP contribution in [-0.4, -0.2) is 50.9 Å². The lowest BCUT2D eigenvalue weighted by Gasteiger charge is -2.46. The van der Waals surface area contributed by atoms with Crippen LogP contribution in [0.2, 0.25) is 0 Å². The molecule has 0 radical (unpaired) electrons. The Balaban J connectivity index is 2.30. The Morgan fingerprint density at radius 2 is 1.90 bits per heavy atom. The molecule has 0 aliphatic carbocycles. The Hall–Kier alpha value is -1.10. The van der Waals surface area contributed by atoms with Gasteiger partial charge in [0.15, 0.2) is 0 Å². The highest BCUT2D eigenvalue weighted by molar-refractivity contribution is 5.37. The molecule has 1 unspecified atom stereocenters. The van der Waals surface area contributed by atoms with E-state index in [1.807, 2.05) is 19.2 Å². The van der Waals surface area contributed by atoms with Gasteiger partial charge < -0.3 is 14.8 Å². The van der Waals surface area contributed by atoms with Gasteiger partial charge >= 0.3 is 0 Å². The molecule has 1 aromatic carbocycles. The first kappa shape index (κ1) is 15.3. The molecule has 2 rings (SSSR count). The molecule has 4 nitrogen and oxygen atoms in total. The van der Waals surface area contributed by atoms with Crippen molar-refractivity contribution in [3.63, 3.8) is 0 Å². The molecule has 0 bridgehead atoms. The number of ether oxygens (including phenoxy) is 2. The quantitative estimate of drug-likeness (QED) is 0.894. The summed E-state index contributed by atoms with van der Waals surface area (Å²) in [7, 11) is 3.74. The number of hydrogen-bond acceptors (Lipinski definition) is 4. The highest BCUT2D eigenvalue weighted by Gasteiger charge is 2.37. The van der Waals surface area contributed by atoms with Crippen molar-refractivity contribution in [3.05, 3.63) is 29.8 Å². The molecule has 1 N–H and O–H groups in total. The number of para-hydroxylation sites is 1. The summed E-state index contributed by atoms with van der Waals surface area (Å²) in [4.78, 5) is 2.49. The lowest BCUT2D eigenvalue weighted by Crippen LogP contribution is -2.55. The summed E-state index contributed by atoms with van der Waals surface area (Å²) in [6.45, 7) is 8.14. The van der Waals surface area contributed by atoms with Gasteiger partial charge in [-0.1, -0.05) is 18.2 Å². The number of nitrogens with zero attached hydrogens (tertiary/aromatic N) is 1. The standard InChI is InChI=1S/C16H26N2O2/c1-16(2,18-9-11-20-12-10-18)15(17-3)13-7-5-6-8-14(13)19-4/h5-8,15,17H,9-12H2,1-4H3. The van der Waals surface area contributed by atoms with E-state index in [2.05, 4.69) is 36.2 Å². The summed E-state index contributed by atoms with van der Waals surface area (Å²) in [5, 5.41) is 3.47. The van der Waals surface area contributed by atoms with Crippen molar-refractivity contribution in [2.75, 3.05) is 40.5 Å². The molecule has 4 heteroatoms. The molecule has 1 saturated heterocycles. The normalized spacial score (nSPS) is 18.8. The minimum Gasteiger partial charge on any atom is -0.496 e. The predicted octanol–water partition coefficient (Wildman–Crippen LogP) is 2.07. The first-order valence-electron chi connectivity index (χ1n) is 7.24. The van der Waals surface area contributed by atoms with Gasteiger partial charge in [0, 0.05) is 24.2 Å². The third kappa shape index (κ3) is 2.97. The van der Waals surface area contributed by atoms with Crippen LogP contribution in [0.25, 0.3) is 0 Å². The molecule has 1 heterocycles. The molecule has 0 spiro atoms. The van der Waals surface area contributed by atoms with Crippen molar-refractivity contribution in [2.45, 2.75) is 25.4 Å². The van der Waals surface area contributed by atoms with E-state index in [4.69, 9.17) is 9.47 Å². The number of methoxy groups -OCH3 is 1. The Labute approximate surface area is 122 Å². The van der Waals surface area contributed by atoms with Crippen molar-refractivity contribution < 1.29 is 9.47 Å². The van der Waals surface area contributed by atoms with Crippen LogP contribution >= 0.6 is 0 Å². The van der Waals surface area contributed by atoms with Crippen molar-refractivity contribution >= 4 is 0 Å². The molecule has 1 fully saturated rings. The maximum Gasteiger partial charge on any atom is 0.123 e. The zero-order valence-electron chi connectivity index (χ0n) is 13.0. The maximum absolute atomic E-state index is 5.53. The van der Waals surface area contributed by atoms with E-state index in [-0.39, 0.29) is 11.6 Å². The van der Waals surface area contributed by atoms with E-state index < -0.39 is 0 Å². The van der Waals surface area contributed by atoms with Crippen molar-refractivity contribution in [1.82, 2.24) is 10.2 Å². The van der Waals surface area contributed by atoms with E-state index in [9.17, 15) is 0 Å². The van der Waals surface area contributed by atoms with E-state index in [1.165, 1.54) is 5.56 Å². The fraction of sp³-hybridized carbons (Fsp3) is 0.625. The van der Waals surface area contributed by atoms with E-state index in [0.717, 1.165) is 32.1 Å². The molecular formula is C16H26N2O2. The SMILES string of the molecule is CNC(c1ccccc1OC)C(C)(C)N1CCOCC1. The van der Waals surface area contributed by atoms with Crippen LogP contribution in [0.4, 0.5) is 0 Å². The van der Waals surface area contributed by atoms with Gasteiger partial charge in [-0.15, -0.1) is 0 Å². The second-order valence-electron chi connectivity index (χ2n) is 5.72. The van der Waals surface area contributed by atoms with E-state index in [1.54, 1.807) is 7.11 Å². The average molecular weight is 278 g/mol. The molecule has 0 aromatic heterocycles. The lowest BCUT2D eigenvalue weighted by molar-refractivity contribution is -0.0231. The van der Waals surface area contributed by atoms with Crippen LogP contribution in [0, 0.1) is 0 Å². The molecule has 20 heavy (non-hydrogen) atoms. The Morgan fingerprint density at radius 3 is 2.50 bits per heavy atom. The minimum atomic E-state index is -0.00678. The number of likely N-dealkylation sites (N-methyl/N-ethyl adjacent to an activating group) is 1. The van der Waals surface area contributed by atoms with Crippen LogP contribution in [0.1, 0.15) is 25.5 Å². The number of morpholine rings is 1. The molecule has 1 aliphatic heterocycles. The highest BCUT2D eigenvalue weighted by atomic mass is 16.5. The smallest absolute Gasteiger partial charge is 0.123 e. The van der Waals surface area contributed by atoms with E-state index >= 15 is 0 Å². The summed E-state index contributed by atoms with van der Waals surface area (Å²) in [6, 6.07) is 8.45. The Kier molecular flexibility index (Phi) is 5.02. The maximum atomic E-state index is 5.53. The first-order chi connectivity index (χ1) is 9.61.